The van der Waals surface area contributed by atoms with Crippen LogP contribution in [0.1, 0.15) is 135 Å². The van der Waals surface area contributed by atoms with Gasteiger partial charge in [0.15, 0.2) is 5.65 Å². The highest BCUT2D eigenvalue weighted by molar-refractivity contribution is 7.12. The van der Waals surface area contributed by atoms with Gasteiger partial charge in [0.1, 0.15) is 51.5 Å². The summed E-state index contributed by atoms with van der Waals surface area (Å²) in [4.78, 5) is 151. The van der Waals surface area contributed by atoms with Crippen LogP contribution in [0.25, 0.3) is 99.6 Å². The Bertz CT molecular complexity index is 7880. The smallest absolute Gasteiger partial charge is 0.357 e. The SMILES string of the molecule is C=CC(=O)N1CCN(c2nc(=O)n(-c3c(C)cccc3C(C)C)c3nc(-c4c(O)cccc4F)c(Cl)cc23)[C@@H](C)C1.C=CC(=O)N1CCN(c2nc(=O)n(-c3ccccc3C(C)C)c3cc(C)c(Cl)cc23)[C@@H](C)C1.C=CC(=O)N1CCN(c2nc(=O)n(-c3nccn3C(C)C)c3cc(-c4ccccc4F)c(Cl)cc23)[C@@H](C)C1.C=CC(=O)N1CCN(c2nc(=O)n(-c3scnc3C(C)C)c3cc(-c4ccccc4F)c(Cl)cc23)[C@@H](C)C1. The molecule has 4 amide bonds. The molecule has 4 aliphatic rings. The van der Waals surface area contributed by atoms with Crippen LogP contribution < -0.4 is 42.4 Å². The van der Waals surface area contributed by atoms with Crippen LogP contribution in [0.15, 0.2) is 239 Å². The van der Waals surface area contributed by atoms with Crippen LogP contribution in [-0.4, -0.2) is 209 Å². The molecule has 0 radical (unpaired) electrons. The first-order chi connectivity index (χ1) is 71.7. The quantitative estimate of drug-likeness (QED) is 0.0735. The Morgan fingerprint density at radius 1 is 0.420 bits per heavy atom. The van der Waals surface area contributed by atoms with E-state index in [1.807, 2.05) is 157 Å². The topological polar surface area (TPSA) is 298 Å². The van der Waals surface area contributed by atoms with Crippen LogP contribution in [-0.2, 0) is 19.2 Å². The summed E-state index contributed by atoms with van der Waals surface area (Å²) in [6.45, 7) is 48.1. The Kier molecular flexibility index (Phi) is 32.5. The molecule has 0 bridgehead atoms. The van der Waals surface area contributed by atoms with Crippen molar-refractivity contribution in [3.63, 3.8) is 0 Å². The Morgan fingerprint density at radius 2 is 0.820 bits per heavy atom. The molecule has 1 N–H and O–H groups in total. The maximum atomic E-state index is 15.0. The van der Waals surface area contributed by atoms with E-state index in [1.54, 1.807) is 113 Å². The van der Waals surface area contributed by atoms with E-state index < -0.39 is 34.5 Å². The number of fused-ring (bicyclic) bond motifs is 4. The Hall–Kier alpha value is -14.9. The van der Waals surface area contributed by atoms with Gasteiger partial charge in [-0.15, -0.1) is 11.3 Å². The molecule has 4 aliphatic heterocycles. The van der Waals surface area contributed by atoms with Gasteiger partial charge in [-0.05, 0) is 192 Å². The first-order valence-electron chi connectivity index (χ1n) is 49.4. The number of imidazole rings is 1. The minimum absolute atomic E-state index is 0.00851. The summed E-state index contributed by atoms with van der Waals surface area (Å²) in [6.07, 6.45) is 8.67. The van der Waals surface area contributed by atoms with E-state index in [0.717, 1.165) is 44.5 Å². The molecular formula is C113H115Cl4F3N20O9S. The number of carbonyl (C=O) groups excluding carboxylic acids is 4. The fourth-order valence-electron chi connectivity index (χ4n) is 20.0. The van der Waals surface area contributed by atoms with Gasteiger partial charge in [0.25, 0.3) is 0 Å². The third kappa shape index (κ3) is 21.3. The molecule has 0 spiro atoms. The molecule has 4 saturated heterocycles. The number of aromatic nitrogens is 12. The van der Waals surface area contributed by atoms with Crippen LogP contribution in [0, 0.1) is 31.3 Å². The van der Waals surface area contributed by atoms with Gasteiger partial charge in [-0.1, -0.05) is 193 Å². The highest BCUT2D eigenvalue weighted by atomic mass is 35.5. The fourth-order valence-corrected chi connectivity index (χ4v) is 21.9. The number of halogens is 7. The molecule has 19 rings (SSSR count). The molecule has 776 valence electrons. The second kappa shape index (κ2) is 45.3. The first-order valence-corrected chi connectivity index (χ1v) is 51.8. The van der Waals surface area contributed by atoms with Gasteiger partial charge >= 0.3 is 22.8 Å². The lowest BCUT2D eigenvalue weighted by Gasteiger charge is -2.40. The average Bonchev–Trinajstić information content (AvgIpc) is 1.65. The summed E-state index contributed by atoms with van der Waals surface area (Å²) in [7, 11) is 0. The van der Waals surface area contributed by atoms with Gasteiger partial charge in [0, 0.05) is 175 Å². The lowest BCUT2D eigenvalue weighted by molar-refractivity contribution is -0.127. The maximum absolute atomic E-state index is 15.0. The molecule has 0 aliphatic carbocycles. The minimum Gasteiger partial charge on any atom is -0.507 e. The Morgan fingerprint density at radius 3 is 1.27 bits per heavy atom. The summed E-state index contributed by atoms with van der Waals surface area (Å²) >= 11 is 28.1. The number of rotatable bonds is 19. The molecule has 0 saturated carbocycles. The van der Waals surface area contributed by atoms with E-state index in [-0.39, 0.29) is 105 Å². The van der Waals surface area contributed by atoms with Gasteiger partial charge in [0.2, 0.25) is 29.6 Å². The van der Waals surface area contributed by atoms with Crippen LogP contribution in [0.5, 0.6) is 5.75 Å². The predicted molar refractivity (Wildman–Crippen MR) is 593 cm³/mol. The van der Waals surface area contributed by atoms with E-state index in [1.165, 1.54) is 75.1 Å². The second-order valence-electron chi connectivity index (χ2n) is 38.7. The zero-order valence-electron chi connectivity index (χ0n) is 85.6. The van der Waals surface area contributed by atoms with Gasteiger partial charge in [-0.25, -0.2) is 61.0 Å². The van der Waals surface area contributed by atoms with Crippen molar-refractivity contribution in [2.45, 2.75) is 145 Å². The summed E-state index contributed by atoms with van der Waals surface area (Å²) in [6, 6.07) is 42.5. The highest BCUT2D eigenvalue weighted by Crippen LogP contribution is 2.45. The molecule has 0 unspecified atom stereocenters. The Labute approximate surface area is 889 Å². The molecule has 11 heterocycles. The summed E-state index contributed by atoms with van der Waals surface area (Å²) in [5, 5.41) is 15.2. The summed E-state index contributed by atoms with van der Waals surface area (Å²) < 4.78 is 52.7. The van der Waals surface area contributed by atoms with E-state index in [0.29, 0.717) is 183 Å². The lowest BCUT2D eigenvalue weighted by Crippen LogP contribution is -2.54. The Balaban J connectivity index is 0.000000143. The number of phenolic OH excluding ortho intramolecular Hbond substituents is 1. The average molecular weight is 2130 g/mol. The molecule has 7 aromatic heterocycles. The summed E-state index contributed by atoms with van der Waals surface area (Å²) in [5.74, 6) is 0.362. The van der Waals surface area contributed by atoms with Crippen molar-refractivity contribution in [2.75, 3.05) is 98.1 Å². The van der Waals surface area contributed by atoms with Crippen LogP contribution in [0.2, 0.25) is 20.1 Å². The number of nitrogens with zero attached hydrogens (tertiary/aromatic N) is 20. The van der Waals surface area contributed by atoms with Crippen molar-refractivity contribution in [3.05, 3.63) is 328 Å². The first kappa shape index (κ1) is 108. The van der Waals surface area contributed by atoms with Gasteiger partial charge in [-0.3, -0.25) is 23.7 Å². The number of thiazole rings is 1. The highest BCUT2D eigenvalue weighted by Gasteiger charge is 2.38. The molecule has 150 heavy (non-hydrogen) atoms. The molecular weight excluding hydrogens is 2010 g/mol. The third-order valence-electron chi connectivity index (χ3n) is 27.6. The van der Waals surface area contributed by atoms with E-state index in [2.05, 4.69) is 75.0 Å². The van der Waals surface area contributed by atoms with Crippen molar-refractivity contribution < 1.29 is 37.5 Å². The van der Waals surface area contributed by atoms with E-state index in [9.17, 15) is 52.2 Å². The number of amides is 4. The third-order valence-corrected chi connectivity index (χ3v) is 29.8. The van der Waals surface area contributed by atoms with Crippen molar-refractivity contribution in [1.29, 1.82) is 0 Å². The zero-order valence-corrected chi connectivity index (χ0v) is 89.5. The van der Waals surface area contributed by atoms with Crippen molar-refractivity contribution in [3.8, 4) is 61.6 Å². The molecule has 8 aromatic carbocycles. The van der Waals surface area contributed by atoms with Crippen LogP contribution in [0.3, 0.4) is 0 Å². The van der Waals surface area contributed by atoms with Crippen LogP contribution >= 0.6 is 57.7 Å². The maximum Gasteiger partial charge on any atom is 0.357 e. The van der Waals surface area contributed by atoms with Gasteiger partial charge < -0.3 is 48.9 Å². The standard InChI is InChI=1S/C31H31ClFN5O3.C28H28ClFN6O2.C28H27ClFN5O2S.C26H29ClN4O2/c1-6-25(40)36-13-14-37(19(5)16-36)29-21-15-22(32)27(26-23(33)11-8-12-24(26)39)34-30(21)38(31(41)35-29)28-18(4)9-7-10-20(28)17(2)3;1-5-25(37)33-12-13-35(18(4)16-33)26-21-14-22(29)20(19-8-6-7-9-23(19)30)15-24(21)36(28(38)32-26)27-31-10-11-34(27)17(2)3;1-5-24(36)33-10-11-34(17(4)14-33)26-20-12-21(29)19(18-8-6-7-9-22(18)30)13-23(20)35(28(37)32-26)27-25(16(2)3)31-15-38-27;1-6-24(32)29-11-12-30(18(5)15-29)25-20-14-21(27)17(4)13-23(20)31(26(33)28-25)22-10-8-7-9-19(22)16(2)3/h6-12,15,17,19,39H,1,13-14,16H2,2-5H3;5-11,14-15,17-18H,1,12-13,16H2,2-4H3;5-9,12-13,15-17H,1,10-11,14H2,2-4H3;6-10,13-14,16,18H,1,11-12,15H2,2-5H3/t19-;18-;17-;18-/m0000/s1. The number of benzene rings is 8. The number of para-hydroxylation sites is 2. The molecule has 4 atom stereocenters. The van der Waals surface area contributed by atoms with E-state index >= 15 is 4.39 Å². The second-order valence-corrected chi connectivity index (χ2v) is 41.2. The monoisotopic (exact) mass is 2120 g/mol. The minimum atomic E-state index is -0.697. The number of carbonyl (C=O) groups is 4. The number of pyridine rings is 1. The number of phenols is 1. The number of piperazine rings is 4. The molecule has 15 aromatic rings. The normalized spacial score (nSPS) is 15.9. The fraction of sp³-hybridized carbons (Fsp3) is 0.301. The number of anilines is 4. The van der Waals surface area contributed by atoms with Gasteiger partial charge in [0.05, 0.1) is 60.8 Å². The number of hydrogen-bond acceptors (Lipinski definition) is 21. The molecule has 29 nitrogen and oxygen atoms in total. The molecule has 37 heteroatoms. The largest absolute Gasteiger partial charge is 0.507 e. The number of aromatic hydroxyl groups is 1. The zero-order chi connectivity index (χ0) is 108. The predicted octanol–water partition coefficient (Wildman–Crippen LogP) is 20.8. The van der Waals surface area contributed by atoms with Crippen molar-refractivity contribution in [2.24, 2.45) is 0 Å². The van der Waals surface area contributed by atoms with Crippen LogP contribution in [0.4, 0.5) is 36.4 Å². The van der Waals surface area contributed by atoms with E-state index in [4.69, 9.17) is 51.4 Å². The summed E-state index contributed by atoms with van der Waals surface area (Å²) in [5.41, 5.74) is 9.36. The number of hydrogen-bond donors (Lipinski definition) is 1. The molecule has 4 fully saturated rings. The number of aryl methyl sites for hydroxylation is 2. The van der Waals surface area contributed by atoms with Crippen molar-refractivity contribution >= 4 is 148 Å². The van der Waals surface area contributed by atoms with Crippen molar-refractivity contribution in [1.82, 2.24) is 77.3 Å². The lowest BCUT2D eigenvalue weighted by atomic mass is 9.98. The van der Waals surface area contributed by atoms with Gasteiger partial charge in [-0.2, -0.15) is 19.9 Å².